The first kappa shape index (κ1) is 14.5. The number of carbonyl (C=O) groups excluding carboxylic acids is 1. The van der Waals surface area contributed by atoms with Gasteiger partial charge in [-0.05, 0) is 42.8 Å². The summed E-state index contributed by atoms with van der Waals surface area (Å²) < 4.78 is 12.8. The summed E-state index contributed by atoms with van der Waals surface area (Å²) in [5.41, 5.74) is 1.75. The zero-order chi connectivity index (χ0) is 14.5. The lowest BCUT2D eigenvalue weighted by Crippen LogP contribution is -2.12. The first-order valence-electron chi connectivity index (χ1n) is 6.32. The number of benzene rings is 1. The van der Waals surface area contributed by atoms with E-state index in [1.165, 1.54) is 30.3 Å². The van der Waals surface area contributed by atoms with Gasteiger partial charge in [-0.25, -0.2) is 9.37 Å². The zero-order valence-corrected chi connectivity index (χ0v) is 11.7. The van der Waals surface area contributed by atoms with E-state index in [9.17, 15) is 9.18 Å². The number of anilines is 1. The number of hydrogen-bond acceptors (Lipinski definition) is 2. The molecule has 1 aromatic heterocycles. The fourth-order valence-electron chi connectivity index (χ4n) is 1.80. The molecule has 0 bridgehead atoms. The molecule has 0 spiro atoms. The van der Waals surface area contributed by atoms with Gasteiger partial charge in [-0.15, -0.1) is 0 Å². The molecule has 0 aliphatic heterocycles. The summed E-state index contributed by atoms with van der Waals surface area (Å²) in [5, 5.41) is 2.98. The number of rotatable bonds is 4. The van der Waals surface area contributed by atoms with Crippen LogP contribution < -0.4 is 5.32 Å². The van der Waals surface area contributed by atoms with Crippen molar-refractivity contribution in [3.8, 4) is 0 Å². The first-order valence-corrected chi connectivity index (χ1v) is 6.69. The van der Waals surface area contributed by atoms with Gasteiger partial charge < -0.3 is 5.32 Å². The molecule has 1 amide bonds. The summed E-state index contributed by atoms with van der Waals surface area (Å²) >= 11 is 5.91. The molecule has 0 fully saturated rings. The van der Waals surface area contributed by atoms with Crippen LogP contribution in [0.1, 0.15) is 29.4 Å². The Kier molecular flexibility index (Phi) is 4.69. The van der Waals surface area contributed by atoms with Gasteiger partial charge in [0.05, 0.1) is 0 Å². The molecule has 104 valence electrons. The van der Waals surface area contributed by atoms with Crippen LogP contribution >= 0.6 is 11.6 Å². The van der Waals surface area contributed by atoms with Gasteiger partial charge in [-0.1, -0.05) is 24.9 Å². The number of aromatic nitrogens is 1. The second kappa shape index (κ2) is 6.48. The highest BCUT2D eigenvalue weighted by molar-refractivity contribution is 6.29. The van der Waals surface area contributed by atoms with Gasteiger partial charge in [0.2, 0.25) is 0 Å². The van der Waals surface area contributed by atoms with E-state index in [-0.39, 0.29) is 11.7 Å². The Morgan fingerprint density at radius 3 is 2.65 bits per heavy atom. The van der Waals surface area contributed by atoms with Crippen LogP contribution in [0.4, 0.5) is 10.1 Å². The number of aryl methyl sites for hydroxylation is 1. The van der Waals surface area contributed by atoms with Crippen molar-refractivity contribution in [2.45, 2.75) is 19.8 Å². The molecular weight excluding hydrogens is 279 g/mol. The van der Waals surface area contributed by atoms with Gasteiger partial charge in [-0.2, -0.15) is 0 Å². The Morgan fingerprint density at radius 2 is 2.00 bits per heavy atom. The van der Waals surface area contributed by atoms with E-state index in [0.29, 0.717) is 16.4 Å². The van der Waals surface area contributed by atoms with Crippen LogP contribution in [0.2, 0.25) is 5.15 Å². The van der Waals surface area contributed by atoms with E-state index < -0.39 is 0 Å². The Morgan fingerprint density at radius 1 is 1.30 bits per heavy atom. The molecular formula is C15H14ClFN2O. The predicted molar refractivity (Wildman–Crippen MR) is 77.6 cm³/mol. The second-order valence-corrected chi connectivity index (χ2v) is 4.77. The normalized spacial score (nSPS) is 10.3. The molecule has 2 aromatic rings. The monoisotopic (exact) mass is 292 g/mol. The summed E-state index contributed by atoms with van der Waals surface area (Å²) in [6, 6.07) is 8.81. The van der Waals surface area contributed by atoms with Gasteiger partial charge in [0, 0.05) is 16.9 Å². The second-order valence-electron chi connectivity index (χ2n) is 4.38. The van der Waals surface area contributed by atoms with Crippen LogP contribution in [0.5, 0.6) is 0 Å². The number of amides is 1. The molecule has 0 atom stereocenters. The van der Waals surface area contributed by atoms with Gasteiger partial charge in [0.1, 0.15) is 11.0 Å². The molecule has 0 radical (unpaired) electrons. The molecule has 0 unspecified atom stereocenters. The van der Waals surface area contributed by atoms with Crippen LogP contribution in [0.3, 0.4) is 0 Å². The van der Waals surface area contributed by atoms with E-state index in [0.717, 1.165) is 18.5 Å². The van der Waals surface area contributed by atoms with Crippen LogP contribution in [-0.2, 0) is 6.42 Å². The lowest BCUT2D eigenvalue weighted by Gasteiger charge is -2.07. The third kappa shape index (κ3) is 3.78. The Balaban J connectivity index is 2.18. The Labute approximate surface area is 121 Å². The Hall–Kier alpha value is -1.94. The van der Waals surface area contributed by atoms with Crippen LogP contribution in [0.15, 0.2) is 36.4 Å². The predicted octanol–water partition coefficient (Wildman–Crippen LogP) is 4.08. The van der Waals surface area contributed by atoms with Gasteiger partial charge >= 0.3 is 0 Å². The van der Waals surface area contributed by atoms with Crippen LogP contribution in [0.25, 0.3) is 0 Å². The van der Waals surface area contributed by atoms with Crippen molar-refractivity contribution in [1.82, 2.24) is 4.98 Å². The largest absolute Gasteiger partial charge is 0.322 e. The van der Waals surface area contributed by atoms with Gasteiger partial charge in [-0.3, -0.25) is 4.79 Å². The standard InChI is InChI=1S/C15H14ClFN2O/c1-2-3-13-8-10(9-14(16)18-13)15(20)19-12-6-4-11(17)5-7-12/h4-9H,2-3H2,1H3,(H,19,20). The van der Waals surface area contributed by atoms with Gasteiger partial charge in [0.15, 0.2) is 0 Å². The van der Waals surface area contributed by atoms with E-state index in [1.807, 2.05) is 6.92 Å². The fourth-order valence-corrected chi connectivity index (χ4v) is 2.03. The maximum Gasteiger partial charge on any atom is 0.255 e. The molecule has 20 heavy (non-hydrogen) atoms. The summed E-state index contributed by atoms with van der Waals surface area (Å²) in [6.07, 6.45) is 1.68. The van der Waals surface area contributed by atoms with E-state index in [2.05, 4.69) is 10.3 Å². The molecule has 0 saturated heterocycles. The third-order valence-electron chi connectivity index (χ3n) is 2.72. The topological polar surface area (TPSA) is 42.0 Å². The summed E-state index contributed by atoms with van der Waals surface area (Å²) in [4.78, 5) is 16.3. The van der Waals surface area contributed by atoms with E-state index >= 15 is 0 Å². The SMILES string of the molecule is CCCc1cc(C(=O)Nc2ccc(F)cc2)cc(Cl)n1. The van der Waals surface area contributed by atoms with E-state index in [1.54, 1.807) is 6.07 Å². The lowest BCUT2D eigenvalue weighted by atomic mass is 10.1. The minimum Gasteiger partial charge on any atom is -0.322 e. The molecule has 1 heterocycles. The number of nitrogens with zero attached hydrogens (tertiary/aromatic N) is 1. The fraction of sp³-hybridized carbons (Fsp3) is 0.200. The molecule has 2 rings (SSSR count). The number of pyridine rings is 1. The van der Waals surface area contributed by atoms with Crippen molar-refractivity contribution < 1.29 is 9.18 Å². The molecule has 1 N–H and O–H groups in total. The summed E-state index contributed by atoms with van der Waals surface area (Å²) in [7, 11) is 0. The van der Waals surface area contributed by atoms with Crippen LogP contribution in [0, 0.1) is 5.82 Å². The number of hydrogen-bond donors (Lipinski definition) is 1. The number of carbonyl (C=O) groups is 1. The lowest BCUT2D eigenvalue weighted by molar-refractivity contribution is 0.102. The van der Waals surface area contributed by atoms with Crippen molar-refractivity contribution in [2.24, 2.45) is 0 Å². The van der Waals surface area contributed by atoms with Crippen LogP contribution in [-0.4, -0.2) is 10.9 Å². The highest BCUT2D eigenvalue weighted by Gasteiger charge is 2.09. The molecule has 0 aliphatic carbocycles. The summed E-state index contributed by atoms with van der Waals surface area (Å²) in [5.74, 6) is -0.640. The highest BCUT2D eigenvalue weighted by Crippen LogP contribution is 2.15. The smallest absolute Gasteiger partial charge is 0.255 e. The number of nitrogens with one attached hydrogen (secondary N) is 1. The average molecular weight is 293 g/mol. The number of halogens is 2. The van der Waals surface area contributed by atoms with Gasteiger partial charge in [0.25, 0.3) is 5.91 Å². The molecule has 1 aromatic carbocycles. The average Bonchev–Trinajstić information content (AvgIpc) is 2.41. The van der Waals surface area contributed by atoms with Crippen molar-refractivity contribution in [3.63, 3.8) is 0 Å². The van der Waals surface area contributed by atoms with Crippen molar-refractivity contribution in [3.05, 3.63) is 58.6 Å². The molecule has 0 aliphatic rings. The third-order valence-corrected chi connectivity index (χ3v) is 2.91. The minimum absolute atomic E-state index is 0.292. The quantitative estimate of drug-likeness (QED) is 0.863. The van der Waals surface area contributed by atoms with Crippen molar-refractivity contribution in [2.75, 3.05) is 5.32 Å². The Bertz CT molecular complexity index is 614. The maximum absolute atomic E-state index is 12.8. The zero-order valence-electron chi connectivity index (χ0n) is 11.0. The van der Waals surface area contributed by atoms with Crippen molar-refractivity contribution >= 4 is 23.2 Å². The molecule has 0 saturated carbocycles. The maximum atomic E-state index is 12.8. The highest BCUT2D eigenvalue weighted by atomic mass is 35.5. The molecule has 3 nitrogen and oxygen atoms in total. The van der Waals surface area contributed by atoms with E-state index in [4.69, 9.17) is 11.6 Å². The minimum atomic E-state index is -0.347. The first-order chi connectivity index (χ1) is 9.58. The van der Waals surface area contributed by atoms with Crippen molar-refractivity contribution in [1.29, 1.82) is 0 Å². The summed E-state index contributed by atoms with van der Waals surface area (Å²) in [6.45, 7) is 2.03. The molecule has 5 heteroatoms.